The predicted molar refractivity (Wildman–Crippen MR) is 134 cm³/mol. The summed E-state index contributed by atoms with van der Waals surface area (Å²) in [6.45, 7) is 4.34. The topological polar surface area (TPSA) is 71.1 Å². The van der Waals surface area contributed by atoms with E-state index in [9.17, 15) is 4.79 Å². The van der Waals surface area contributed by atoms with Crippen LogP contribution in [0.15, 0.2) is 60.8 Å². The normalized spacial score (nSPS) is 14.2. The van der Waals surface area contributed by atoms with Crippen molar-refractivity contribution in [2.45, 2.75) is 19.8 Å². The number of halogens is 1. The zero-order chi connectivity index (χ0) is 24.2. The first-order valence-corrected chi connectivity index (χ1v) is 11.8. The molecule has 5 rings (SSSR count). The van der Waals surface area contributed by atoms with Gasteiger partial charge in [0.05, 0.1) is 13.2 Å². The Bertz CT molecular complexity index is 1390. The van der Waals surface area contributed by atoms with Crippen LogP contribution in [0.25, 0.3) is 17.0 Å². The lowest BCUT2D eigenvalue weighted by Crippen LogP contribution is -2.39. The van der Waals surface area contributed by atoms with Crippen molar-refractivity contribution in [1.82, 2.24) is 19.9 Å². The van der Waals surface area contributed by atoms with Crippen molar-refractivity contribution in [3.05, 3.63) is 101 Å². The minimum absolute atomic E-state index is 0.00467. The number of carbonyl (C=O) groups is 1. The van der Waals surface area contributed by atoms with Crippen LogP contribution < -0.4 is 0 Å². The van der Waals surface area contributed by atoms with Crippen LogP contribution in [0.4, 0.5) is 4.39 Å². The number of hydrogen-bond donors (Lipinski definition) is 1. The first-order valence-electron chi connectivity index (χ1n) is 11.8. The van der Waals surface area contributed by atoms with Crippen molar-refractivity contribution in [2.24, 2.45) is 0 Å². The summed E-state index contributed by atoms with van der Waals surface area (Å²) in [5, 5.41) is 0.603. The number of morpholine rings is 1. The first kappa shape index (κ1) is 22.9. The van der Waals surface area contributed by atoms with Gasteiger partial charge in [0.15, 0.2) is 0 Å². The van der Waals surface area contributed by atoms with Crippen LogP contribution in [-0.2, 0) is 22.4 Å². The van der Waals surface area contributed by atoms with Crippen molar-refractivity contribution in [2.75, 3.05) is 26.3 Å². The zero-order valence-corrected chi connectivity index (χ0v) is 19.6. The number of nitrogens with zero attached hydrogens (tertiary/aromatic N) is 3. The molecule has 2 aromatic carbocycles. The van der Waals surface area contributed by atoms with Crippen LogP contribution in [0, 0.1) is 12.7 Å². The largest absolute Gasteiger partial charge is 0.378 e. The molecule has 0 spiro atoms. The maximum Gasteiger partial charge on any atom is 0.246 e. The summed E-state index contributed by atoms with van der Waals surface area (Å²) < 4.78 is 20.3. The quantitative estimate of drug-likeness (QED) is 0.423. The Morgan fingerprint density at radius 2 is 2.00 bits per heavy atom. The molecule has 1 fully saturated rings. The summed E-state index contributed by atoms with van der Waals surface area (Å²) >= 11 is 0. The molecule has 35 heavy (non-hydrogen) atoms. The third-order valence-corrected chi connectivity index (χ3v) is 6.14. The van der Waals surface area contributed by atoms with Gasteiger partial charge in [0.1, 0.15) is 11.6 Å². The maximum atomic E-state index is 15.0. The highest BCUT2D eigenvalue weighted by Gasteiger charge is 2.14. The molecule has 0 saturated carbocycles. The Labute approximate surface area is 203 Å². The molecule has 2 aromatic heterocycles. The zero-order valence-electron chi connectivity index (χ0n) is 19.6. The number of fused-ring (bicyclic) bond motifs is 1. The molecule has 0 bridgehead atoms. The Morgan fingerprint density at radius 3 is 2.86 bits per heavy atom. The van der Waals surface area contributed by atoms with Gasteiger partial charge < -0.3 is 14.6 Å². The van der Waals surface area contributed by atoms with E-state index in [-0.39, 0.29) is 11.7 Å². The van der Waals surface area contributed by atoms with E-state index in [2.05, 4.69) is 15.0 Å². The molecule has 1 amide bonds. The van der Waals surface area contributed by atoms with Gasteiger partial charge in [-0.2, -0.15) is 0 Å². The Hall–Kier alpha value is -3.84. The van der Waals surface area contributed by atoms with Crippen LogP contribution >= 0.6 is 0 Å². The molecule has 0 unspecified atom stereocenters. The van der Waals surface area contributed by atoms with E-state index in [4.69, 9.17) is 4.74 Å². The van der Waals surface area contributed by atoms with Crippen molar-refractivity contribution < 1.29 is 13.9 Å². The molecule has 6 nitrogen and oxygen atoms in total. The molecular formula is C28H27FN4O2. The Kier molecular flexibility index (Phi) is 6.68. The summed E-state index contributed by atoms with van der Waals surface area (Å²) in [4.78, 5) is 26.4. The molecule has 3 heterocycles. The van der Waals surface area contributed by atoms with Gasteiger partial charge in [-0.3, -0.25) is 4.79 Å². The van der Waals surface area contributed by atoms with Crippen LogP contribution in [0.3, 0.4) is 0 Å². The Balaban J connectivity index is 1.28. The lowest BCUT2D eigenvalue weighted by molar-refractivity contribution is -0.129. The number of H-pyrrole nitrogens is 1. The minimum Gasteiger partial charge on any atom is -0.378 e. The number of carbonyl (C=O) groups excluding carboxylic acids is 1. The molecule has 0 radical (unpaired) electrons. The van der Waals surface area contributed by atoms with Gasteiger partial charge in [0, 0.05) is 60.5 Å². The van der Waals surface area contributed by atoms with Crippen molar-refractivity contribution in [3.8, 4) is 0 Å². The third kappa shape index (κ3) is 5.46. The lowest BCUT2D eigenvalue weighted by Gasteiger charge is -2.25. The fourth-order valence-electron chi connectivity index (χ4n) is 4.36. The highest BCUT2D eigenvalue weighted by Crippen LogP contribution is 2.23. The van der Waals surface area contributed by atoms with Crippen molar-refractivity contribution in [3.63, 3.8) is 0 Å². The highest BCUT2D eigenvalue weighted by atomic mass is 19.1. The second-order valence-corrected chi connectivity index (χ2v) is 8.79. The molecule has 1 aliphatic heterocycles. The second kappa shape index (κ2) is 10.2. The maximum absolute atomic E-state index is 15.0. The number of aromatic nitrogens is 3. The number of ether oxygens (including phenoxy) is 1. The predicted octanol–water partition coefficient (Wildman–Crippen LogP) is 4.46. The summed E-state index contributed by atoms with van der Waals surface area (Å²) in [5.74, 6) is 0.458. The summed E-state index contributed by atoms with van der Waals surface area (Å²) in [7, 11) is 0. The van der Waals surface area contributed by atoms with E-state index >= 15 is 4.39 Å². The van der Waals surface area contributed by atoms with Crippen molar-refractivity contribution >= 4 is 22.9 Å². The number of aromatic amines is 1. The van der Waals surface area contributed by atoms with E-state index in [1.165, 1.54) is 0 Å². The summed E-state index contributed by atoms with van der Waals surface area (Å²) in [5.41, 5.74) is 5.09. The number of amides is 1. The van der Waals surface area contributed by atoms with E-state index in [1.807, 2.05) is 61.5 Å². The Morgan fingerprint density at radius 1 is 1.14 bits per heavy atom. The molecule has 7 heteroatoms. The van der Waals surface area contributed by atoms with E-state index in [0.717, 1.165) is 28.0 Å². The molecular weight excluding hydrogens is 443 g/mol. The van der Waals surface area contributed by atoms with Crippen LogP contribution in [-0.4, -0.2) is 52.1 Å². The summed E-state index contributed by atoms with van der Waals surface area (Å²) in [6, 6.07) is 15.3. The highest BCUT2D eigenvalue weighted by molar-refractivity contribution is 5.91. The third-order valence-electron chi connectivity index (χ3n) is 6.14. The molecule has 1 aliphatic rings. The van der Waals surface area contributed by atoms with Crippen LogP contribution in [0.2, 0.25) is 0 Å². The monoisotopic (exact) mass is 470 g/mol. The van der Waals surface area contributed by atoms with E-state index in [1.54, 1.807) is 17.2 Å². The molecule has 0 atom stereocenters. The van der Waals surface area contributed by atoms with Gasteiger partial charge in [-0.1, -0.05) is 30.3 Å². The van der Waals surface area contributed by atoms with Crippen LogP contribution in [0.1, 0.15) is 33.9 Å². The van der Waals surface area contributed by atoms with Crippen LogP contribution in [0.5, 0.6) is 0 Å². The van der Waals surface area contributed by atoms with Gasteiger partial charge in [-0.05, 0) is 47.9 Å². The molecule has 178 valence electrons. The molecule has 0 aliphatic carbocycles. The number of nitrogens with one attached hydrogen (secondary N) is 1. The number of hydrogen-bond acceptors (Lipinski definition) is 4. The average Bonchev–Trinajstić information content (AvgIpc) is 3.26. The fourth-order valence-corrected chi connectivity index (χ4v) is 4.36. The number of rotatable bonds is 6. The first-order chi connectivity index (χ1) is 17.0. The molecule has 1 saturated heterocycles. The lowest BCUT2D eigenvalue weighted by atomic mass is 10.1. The number of benzene rings is 2. The van der Waals surface area contributed by atoms with Gasteiger partial charge in [-0.25, -0.2) is 14.4 Å². The van der Waals surface area contributed by atoms with E-state index in [0.29, 0.717) is 55.9 Å². The minimum atomic E-state index is -0.210. The van der Waals surface area contributed by atoms with Gasteiger partial charge in [-0.15, -0.1) is 0 Å². The second-order valence-electron chi connectivity index (χ2n) is 8.79. The standard InChI is InChI=1S/C28H27FN4O2/c1-19-15-24-25(31-19)7-6-22(28(24)29)18-23-9-10-30-26(32-23)17-21-4-2-3-20(16-21)5-8-27(34)33-11-13-35-14-12-33/h2-10,15-16,31H,11-14,17-18H2,1H3/b8-5+. The number of aryl methyl sites for hydroxylation is 1. The van der Waals surface area contributed by atoms with E-state index < -0.39 is 0 Å². The van der Waals surface area contributed by atoms with Gasteiger partial charge in [0.2, 0.25) is 5.91 Å². The SMILES string of the molecule is Cc1cc2c(F)c(Cc3ccnc(Cc4cccc(/C=C/C(=O)N5CCOCC5)c4)n3)ccc2[nH]1. The van der Waals surface area contributed by atoms with Gasteiger partial charge >= 0.3 is 0 Å². The van der Waals surface area contributed by atoms with Gasteiger partial charge in [0.25, 0.3) is 0 Å². The fraction of sp³-hybridized carbons (Fsp3) is 0.250. The average molecular weight is 471 g/mol. The molecule has 1 N–H and O–H groups in total. The smallest absolute Gasteiger partial charge is 0.246 e. The summed E-state index contributed by atoms with van der Waals surface area (Å²) in [6.07, 6.45) is 6.11. The molecule has 4 aromatic rings. The van der Waals surface area contributed by atoms with Crippen molar-refractivity contribution in [1.29, 1.82) is 0 Å².